The number of halogens is 11. The first kappa shape index (κ1) is 31.4. The predicted molar refractivity (Wildman–Crippen MR) is 131 cm³/mol. The zero-order valence-corrected chi connectivity index (χ0v) is 22.4. The highest BCUT2D eigenvalue weighted by atomic mass is 79.9. The maximum absolute atomic E-state index is 14.9. The molecule has 1 amide bonds. The van der Waals surface area contributed by atoms with Gasteiger partial charge < -0.3 is 4.90 Å². The third-order valence-corrected chi connectivity index (χ3v) is 6.84. The van der Waals surface area contributed by atoms with E-state index in [0.717, 1.165) is 37.4 Å². The second kappa shape index (κ2) is 12.4. The average molecular weight is 658 g/mol. The number of hydrogen-bond donors (Lipinski definition) is 0. The van der Waals surface area contributed by atoms with Crippen LogP contribution in [0.5, 0.6) is 0 Å². The zero-order chi connectivity index (χ0) is 28.3. The number of ketones is 1. The molecule has 0 heterocycles. The first-order valence-corrected chi connectivity index (χ1v) is 12.1. The molecule has 0 bridgehead atoms. The minimum atomic E-state index is -4.92. The van der Waals surface area contributed by atoms with E-state index < -0.39 is 60.7 Å². The maximum Gasteiger partial charge on any atom is 0.406 e. The third kappa shape index (κ3) is 8.87. The summed E-state index contributed by atoms with van der Waals surface area (Å²) in [5.41, 5.74) is -0.788. The van der Waals surface area contributed by atoms with Gasteiger partial charge in [0.2, 0.25) is 5.91 Å². The SMILES string of the molecule is CN(CC(F)(F)F)C(=O)CCC(=O)c1ccc(/C(F)=C/C(c2cc(Cl)c(Cl)c(Cl)c2)C(F)(F)F)cc1Br. The molecule has 2 aromatic rings. The van der Waals surface area contributed by atoms with Crippen LogP contribution in [0, 0.1) is 0 Å². The number of nitrogens with zero attached hydrogens (tertiary/aromatic N) is 1. The summed E-state index contributed by atoms with van der Waals surface area (Å²) in [6, 6.07) is 5.08. The molecule has 0 fully saturated rings. The van der Waals surface area contributed by atoms with E-state index >= 15 is 0 Å². The third-order valence-electron chi connectivity index (χ3n) is 4.98. The highest BCUT2D eigenvalue weighted by Crippen LogP contribution is 2.42. The van der Waals surface area contributed by atoms with E-state index in [1.54, 1.807) is 0 Å². The number of amides is 1. The van der Waals surface area contributed by atoms with Gasteiger partial charge in [0, 0.05) is 35.5 Å². The molecule has 1 unspecified atom stereocenters. The fraction of sp³-hybridized carbons (Fsp3) is 0.304. The van der Waals surface area contributed by atoms with Crippen LogP contribution in [-0.2, 0) is 4.79 Å². The van der Waals surface area contributed by atoms with Gasteiger partial charge >= 0.3 is 12.4 Å². The van der Waals surface area contributed by atoms with Crippen LogP contribution in [0.3, 0.4) is 0 Å². The van der Waals surface area contributed by atoms with Gasteiger partial charge in [0.25, 0.3) is 0 Å². The Labute approximate surface area is 230 Å². The number of benzene rings is 2. The van der Waals surface area contributed by atoms with Gasteiger partial charge in [-0.15, -0.1) is 0 Å². The van der Waals surface area contributed by atoms with E-state index in [1.165, 1.54) is 0 Å². The van der Waals surface area contributed by atoms with E-state index in [4.69, 9.17) is 34.8 Å². The van der Waals surface area contributed by atoms with Gasteiger partial charge in [-0.2, -0.15) is 26.3 Å². The number of hydrogen-bond acceptors (Lipinski definition) is 2. The first-order valence-electron chi connectivity index (χ1n) is 10.1. The standard InChI is InChI=1S/C23H16BrCl3F7NO2/c1-35(10-22(29,30)31)20(37)5-4-19(36)13-3-2-11(6-15(13)24)18(28)9-14(23(32,33)34)12-7-16(25)21(27)17(26)8-12/h2-3,6-9,14H,4-5,10H2,1H3/b18-9-. The lowest BCUT2D eigenvalue weighted by Gasteiger charge is -2.19. The van der Waals surface area contributed by atoms with Crippen molar-refractivity contribution in [2.45, 2.75) is 31.1 Å². The van der Waals surface area contributed by atoms with Gasteiger partial charge in [-0.1, -0.05) is 56.8 Å². The molecule has 2 rings (SSSR count). The summed E-state index contributed by atoms with van der Waals surface area (Å²) >= 11 is 20.4. The van der Waals surface area contributed by atoms with Crippen molar-refractivity contribution >= 4 is 68.3 Å². The maximum atomic E-state index is 14.9. The lowest BCUT2D eigenvalue weighted by Crippen LogP contribution is -2.35. The highest BCUT2D eigenvalue weighted by molar-refractivity contribution is 9.10. The fourth-order valence-electron chi connectivity index (χ4n) is 3.17. The summed E-state index contributed by atoms with van der Waals surface area (Å²) in [5, 5.41) is -0.655. The van der Waals surface area contributed by atoms with Gasteiger partial charge in [-0.25, -0.2) is 4.39 Å². The molecule has 0 spiro atoms. The van der Waals surface area contributed by atoms with Gasteiger partial charge in [-0.3, -0.25) is 9.59 Å². The Bertz CT molecular complexity index is 1190. The minimum Gasteiger partial charge on any atom is -0.337 e. The van der Waals surface area contributed by atoms with Crippen LogP contribution in [0.25, 0.3) is 5.83 Å². The van der Waals surface area contributed by atoms with Crippen molar-refractivity contribution in [3.63, 3.8) is 0 Å². The summed E-state index contributed by atoms with van der Waals surface area (Å²) in [6.45, 7) is -1.47. The number of rotatable bonds is 8. The van der Waals surface area contributed by atoms with E-state index in [2.05, 4.69) is 15.9 Å². The molecule has 1 atom stereocenters. The second-order valence-electron chi connectivity index (χ2n) is 7.82. The predicted octanol–water partition coefficient (Wildman–Crippen LogP) is 9.05. The minimum absolute atomic E-state index is 0.00999. The van der Waals surface area contributed by atoms with Crippen LogP contribution in [0.15, 0.2) is 40.9 Å². The van der Waals surface area contributed by atoms with E-state index in [9.17, 15) is 40.3 Å². The second-order valence-corrected chi connectivity index (χ2v) is 9.86. The summed E-state index contributed by atoms with van der Waals surface area (Å²) in [7, 11) is 0.945. The summed E-state index contributed by atoms with van der Waals surface area (Å²) < 4.78 is 93.2. The molecular formula is C23H16BrCl3F7NO2. The Hall–Kier alpha value is -1.82. The average Bonchev–Trinajstić information content (AvgIpc) is 2.76. The number of carbonyl (C=O) groups is 2. The van der Waals surface area contributed by atoms with E-state index in [-0.39, 0.29) is 30.7 Å². The number of Topliss-reactive ketones (excluding diaryl/α,β-unsaturated/α-hetero) is 1. The van der Waals surface area contributed by atoms with Crippen molar-refractivity contribution in [2.75, 3.05) is 13.6 Å². The lowest BCUT2D eigenvalue weighted by molar-refractivity contribution is -0.158. The molecule has 2 aromatic carbocycles. The van der Waals surface area contributed by atoms with Crippen LogP contribution in [0.4, 0.5) is 30.7 Å². The fourth-order valence-corrected chi connectivity index (χ4v) is 4.38. The normalized spacial score (nSPS) is 13.5. The van der Waals surface area contributed by atoms with Gasteiger partial charge in [0.15, 0.2) is 5.78 Å². The monoisotopic (exact) mass is 655 g/mol. The Balaban J connectivity index is 2.24. The summed E-state index contributed by atoms with van der Waals surface area (Å²) in [4.78, 5) is 24.7. The molecule has 0 radical (unpaired) electrons. The quantitative estimate of drug-likeness (QED) is 0.161. The lowest BCUT2D eigenvalue weighted by atomic mass is 9.96. The molecule has 14 heteroatoms. The molecule has 0 aliphatic carbocycles. The van der Waals surface area contributed by atoms with Crippen LogP contribution >= 0.6 is 50.7 Å². The zero-order valence-electron chi connectivity index (χ0n) is 18.6. The van der Waals surface area contributed by atoms with Crippen molar-refractivity contribution in [3.8, 4) is 0 Å². The van der Waals surface area contributed by atoms with Crippen molar-refractivity contribution in [1.29, 1.82) is 0 Å². The number of carbonyl (C=O) groups excluding carboxylic acids is 2. The molecule has 0 aliphatic rings. The Morgan fingerprint density at radius 1 is 1.00 bits per heavy atom. The Morgan fingerprint density at radius 2 is 1.57 bits per heavy atom. The Morgan fingerprint density at radius 3 is 2.05 bits per heavy atom. The largest absolute Gasteiger partial charge is 0.406 e. The van der Waals surface area contributed by atoms with E-state index in [0.29, 0.717) is 11.0 Å². The number of allylic oxidation sites excluding steroid dienone is 1. The van der Waals surface area contributed by atoms with Crippen molar-refractivity contribution < 1.29 is 40.3 Å². The van der Waals surface area contributed by atoms with Gasteiger partial charge in [0.1, 0.15) is 18.3 Å². The molecule has 0 saturated heterocycles. The van der Waals surface area contributed by atoms with Crippen LogP contribution in [0.2, 0.25) is 15.1 Å². The van der Waals surface area contributed by atoms with Crippen LogP contribution < -0.4 is 0 Å². The molecular weight excluding hydrogens is 642 g/mol. The van der Waals surface area contributed by atoms with Crippen molar-refractivity contribution in [1.82, 2.24) is 4.90 Å². The summed E-state index contributed by atoms with van der Waals surface area (Å²) in [5.74, 6) is -5.25. The van der Waals surface area contributed by atoms with E-state index in [1.807, 2.05) is 0 Å². The molecule has 0 aromatic heterocycles. The topological polar surface area (TPSA) is 37.4 Å². The molecule has 3 nitrogen and oxygen atoms in total. The van der Waals surface area contributed by atoms with Crippen LogP contribution in [0.1, 0.15) is 40.2 Å². The van der Waals surface area contributed by atoms with Gasteiger partial charge in [-0.05, 0) is 35.9 Å². The highest BCUT2D eigenvalue weighted by Gasteiger charge is 2.40. The molecule has 0 N–H and O–H groups in total. The molecule has 0 saturated carbocycles. The Kier molecular flexibility index (Phi) is 10.5. The number of alkyl halides is 6. The van der Waals surface area contributed by atoms with Crippen LogP contribution in [-0.4, -0.2) is 42.5 Å². The van der Waals surface area contributed by atoms with Crippen molar-refractivity contribution in [3.05, 3.63) is 72.6 Å². The molecule has 202 valence electrons. The first-order chi connectivity index (χ1) is 16.9. The van der Waals surface area contributed by atoms with Crippen molar-refractivity contribution in [2.24, 2.45) is 0 Å². The smallest absolute Gasteiger partial charge is 0.337 e. The van der Waals surface area contributed by atoms with Gasteiger partial charge in [0.05, 0.1) is 15.1 Å². The molecule has 37 heavy (non-hydrogen) atoms. The molecule has 0 aliphatic heterocycles. The summed E-state index contributed by atoms with van der Waals surface area (Å²) in [6.07, 6.45) is -10.1.